The van der Waals surface area contributed by atoms with Gasteiger partial charge in [0.1, 0.15) is 0 Å². The smallest absolute Gasteiger partial charge is 0.309 e. The predicted molar refractivity (Wildman–Crippen MR) is 74.8 cm³/mol. The van der Waals surface area contributed by atoms with E-state index in [0.29, 0.717) is 11.8 Å². The van der Waals surface area contributed by atoms with Gasteiger partial charge in [-0.3, -0.25) is 9.20 Å². The molecule has 0 bridgehead atoms. The molecular formula is C14H18N2O2S. The fraction of sp³-hybridized carbons (Fsp3) is 0.571. The molecular weight excluding hydrogens is 260 g/mol. The minimum atomic E-state index is -0.779. The second-order valence-corrected chi connectivity index (χ2v) is 6.50. The molecule has 3 rings (SSSR count). The van der Waals surface area contributed by atoms with Gasteiger partial charge < -0.3 is 5.11 Å². The molecule has 0 fully saturated rings. The second kappa shape index (κ2) is 4.63. The van der Waals surface area contributed by atoms with E-state index in [1.54, 1.807) is 11.3 Å². The lowest BCUT2D eigenvalue weighted by molar-refractivity contribution is -0.136. The van der Waals surface area contributed by atoms with Crippen molar-refractivity contribution < 1.29 is 9.90 Å². The van der Waals surface area contributed by atoms with Crippen molar-refractivity contribution in [1.82, 2.24) is 9.38 Å². The maximum absolute atomic E-state index is 10.9. The summed E-state index contributed by atoms with van der Waals surface area (Å²) in [5, 5.41) is 10.9. The number of imidazole rings is 1. The van der Waals surface area contributed by atoms with Gasteiger partial charge in [-0.15, -0.1) is 11.3 Å². The van der Waals surface area contributed by atoms with Crippen LogP contribution < -0.4 is 0 Å². The molecule has 4 nitrogen and oxygen atoms in total. The number of hydrogen-bond donors (Lipinski definition) is 1. The third-order valence-corrected chi connectivity index (χ3v) is 4.97. The van der Waals surface area contributed by atoms with Crippen molar-refractivity contribution in [2.75, 3.05) is 0 Å². The lowest BCUT2D eigenvalue weighted by atomic mass is 9.82. The van der Waals surface area contributed by atoms with Crippen molar-refractivity contribution in [3.05, 3.63) is 22.5 Å². The van der Waals surface area contributed by atoms with Crippen molar-refractivity contribution in [2.24, 2.45) is 11.8 Å². The topological polar surface area (TPSA) is 54.6 Å². The summed E-state index contributed by atoms with van der Waals surface area (Å²) in [5.41, 5.74) is 3.29. The van der Waals surface area contributed by atoms with Crippen molar-refractivity contribution >= 4 is 22.3 Å². The van der Waals surface area contributed by atoms with E-state index < -0.39 is 5.97 Å². The molecule has 1 aliphatic rings. The van der Waals surface area contributed by atoms with Gasteiger partial charge >= 0.3 is 5.97 Å². The maximum atomic E-state index is 10.9. The van der Waals surface area contributed by atoms with Crippen LogP contribution in [0.15, 0.2) is 5.38 Å². The molecule has 0 unspecified atom stereocenters. The van der Waals surface area contributed by atoms with Crippen molar-refractivity contribution in [1.29, 1.82) is 0 Å². The number of aromatic nitrogens is 2. The maximum Gasteiger partial charge on any atom is 0.309 e. The molecule has 1 atom stereocenters. The van der Waals surface area contributed by atoms with Gasteiger partial charge in [-0.25, -0.2) is 4.98 Å². The Morgan fingerprint density at radius 3 is 3.11 bits per heavy atom. The van der Waals surface area contributed by atoms with E-state index >= 15 is 0 Å². The zero-order valence-corrected chi connectivity index (χ0v) is 12.0. The highest BCUT2D eigenvalue weighted by Crippen LogP contribution is 2.32. The molecule has 1 aliphatic carbocycles. The van der Waals surface area contributed by atoms with E-state index in [9.17, 15) is 4.79 Å². The molecule has 0 saturated carbocycles. The Kier molecular flexibility index (Phi) is 3.09. The fourth-order valence-electron chi connectivity index (χ4n) is 2.95. The molecule has 2 heterocycles. The largest absolute Gasteiger partial charge is 0.481 e. The summed E-state index contributed by atoms with van der Waals surface area (Å²) in [5.74, 6) is 0.573. The number of rotatable bonds is 3. The van der Waals surface area contributed by atoms with Crippen LogP contribution in [-0.4, -0.2) is 20.5 Å². The second-order valence-electron chi connectivity index (χ2n) is 5.67. The highest BCUT2D eigenvalue weighted by molar-refractivity contribution is 7.15. The van der Waals surface area contributed by atoms with Gasteiger partial charge in [-0.05, 0) is 31.1 Å². The van der Waals surface area contributed by atoms with Crippen LogP contribution in [0, 0.1) is 11.8 Å². The van der Waals surface area contributed by atoms with Crippen LogP contribution in [0.5, 0.6) is 0 Å². The zero-order chi connectivity index (χ0) is 13.6. The van der Waals surface area contributed by atoms with E-state index in [0.717, 1.165) is 23.5 Å². The number of hydrogen-bond acceptors (Lipinski definition) is 3. The lowest BCUT2D eigenvalue weighted by Crippen LogP contribution is -2.20. The van der Waals surface area contributed by atoms with Gasteiger partial charge in [0.05, 0.1) is 12.1 Å². The first-order valence-corrected chi connectivity index (χ1v) is 7.62. The van der Waals surface area contributed by atoms with Crippen LogP contribution in [0.1, 0.15) is 37.4 Å². The Morgan fingerprint density at radius 1 is 1.63 bits per heavy atom. The molecule has 0 spiro atoms. The summed E-state index contributed by atoms with van der Waals surface area (Å²) in [6.45, 7) is 4.53. The molecule has 2 aromatic rings. The first-order valence-electron chi connectivity index (χ1n) is 6.74. The third-order valence-electron chi connectivity index (χ3n) is 4.10. The molecule has 0 radical (unpaired) electrons. The van der Waals surface area contributed by atoms with Crippen LogP contribution in [0.25, 0.3) is 4.96 Å². The molecule has 2 aromatic heterocycles. The average Bonchev–Trinajstić information content (AvgIpc) is 2.87. The molecule has 5 heteroatoms. The number of aryl methyl sites for hydroxylation is 1. The molecule has 0 aromatic carbocycles. The number of thiazole rings is 1. The number of carbonyl (C=O) groups is 1. The fourth-order valence-corrected chi connectivity index (χ4v) is 3.88. The number of carboxylic acid groups (broad SMARTS) is 1. The summed E-state index contributed by atoms with van der Waals surface area (Å²) in [6.07, 6.45) is 3.33. The van der Waals surface area contributed by atoms with Gasteiger partial charge in [-0.2, -0.15) is 0 Å². The summed E-state index contributed by atoms with van der Waals surface area (Å²) in [7, 11) is 0. The van der Waals surface area contributed by atoms with E-state index in [1.165, 1.54) is 17.8 Å². The summed E-state index contributed by atoms with van der Waals surface area (Å²) < 4.78 is 2.09. The SMILES string of the molecule is CC(C)[C@@H]1CCc2nc3scc(CC(=O)O)n3c2C1. The van der Waals surface area contributed by atoms with Crippen molar-refractivity contribution in [3.63, 3.8) is 0 Å². The standard InChI is InChI=1S/C14H18N2O2S/c1-8(2)9-3-4-11-12(5-9)16-10(6-13(17)18)7-19-14(16)15-11/h7-9H,3-6H2,1-2H3,(H,17,18)/t9-/m1/s1. The van der Waals surface area contributed by atoms with Crippen LogP contribution in [0.3, 0.4) is 0 Å². The van der Waals surface area contributed by atoms with Crippen LogP contribution in [0.2, 0.25) is 0 Å². The number of fused-ring (bicyclic) bond motifs is 3. The molecule has 102 valence electrons. The van der Waals surface area contributed by atoms with E-state index in [-0.39, 0.29) is 6.42 Å². The molecule has 0 amide bonds. The average molecular weight is 278 g/mol. The first-order chi connectivity index (χ1) is 9.06. The summed E-state index contributed by atoms with van der Waals surface area (Å²) >= 11 is 1.55. The molecule has 0 saturated heterocycles. The van der Waals surface area contributed by atoms with Gasteiger partial charge in [0.2, 0.25) is 0 Å². The van der Waals surface area contributed by atoms with Gasteiger partial charge in [0.25, 0.3) is 0 Å². The van der Waals surface area contributed by atoms with Crippen LogP contribution in [0.4, 0.5) is 0 Å². The Bertz CT molecular complexity index is 627. The Hall–Kier alpha value is -1.36. The van der Waals surface area contributed by atoms with Gasteiger partial charge in [0, 0.05) is 16.8 Å². The molecule has 0 aliphatic heterocycles. The summed E-state index contributed by atoms with van der Waals surface area (Å²) in [6, 6.07) is 0. The monoisotopic (exact) mass is 278 g/mol. The van der Waals surface area contributed by atoms with E-state index in [4.69, 9.17) is 5.11 Å². The van der Waals surface area contributed by atoms with E-state index in [2.05, 4.69) is 23.2 Å². The Morgan fingerprint density at radius 2 is 2.42 bits per heavy atom. The van der Waals surface area contributed by atoms with Crippen molar-refractivity contribution in [2.45, 2.75) is 39.5 Å². The van der Waals surface area contributed by atoms with E-state index in [1.807, 2.05) is 5.38 Å². The minimum absolute atomic E-state index is 0.0785. The van der Waals surface area contributed by atoms with Gasteiger partial charge in [-0.1, -0.05) is 13.8 Å². The highest BCUT2D eigenvalue weighted by atomic mass is 32.1. The Balaban J connectivity index is 2.05. The lowest BCUT2D eigenvalue weighted by Gasteiger charge is -2.25. The molecule has 1 N–H and O–H groups in total. The zero-order valence-electron chi connectivity index (χ0n) is 11.2. The number of aliphatic carboxylic acids is 1. The normalized spacial score (nSPS) is 19.0. The highest BCUT2D eigenvalue weighted by Gasteiger charge is 2.27. The van der Waals surface area contributed by atoms with Crippen LogP contribution >= 0.6 is 11.3 Å². The van der Waals surface area contributed by atoms with Gasteiger partial charge in [0.15, 0.2) is 4.96 Å². The minimum Gasteiger partial charge on any atom is -0.481 e. The predicted octanol–water partition coefficient (Wildman–Crippen LogP) is 2.78. The van der Waals surface area contributed by atoms with Crippen LogP contribution in [-0.2, 0) is 24.1 Å². The van der Waals surface area contributed by atoms with Crippen molar-refractivity contribution in [3.8, 4) is 0 Å². The number of nitrogens with zero attached hydrogens (tertiary/aromatic N) is 2. The molecule has 19 heavy (non-hydrogen) atoms. The third kappa shape index (κ3) is 2.16. The summed E-state index contributed by atoms with van der Waals surface area (Å²) in [4.78, 5) is 16.6. The quantitative estimate of drug-likeness (QED) is 0.939. The Labute approximate surface area is 116 Å². The number of carboxylic acids is 1. The first kappa shape index (κ1) is 12.7.